The Labute approximate surface area is 142 Å². The number of nitrogens with zero attached hydrogens (tertiary/aromatic N) is 2. The molecule has 0 saturated carbocycles. The van der Waals surface area contributed by atoms with E-state index in [9.17, 15) is 10.1 Å². The zero-order valence-electron chi connectivity index (χ0n) is 12.8. The molecule has 0 aliphatic carbocycles. The molecule has 2 N–H and O–H groups in total. The van der Waals surface area contributed by atoms with E-state index in [-0.39, 0.29) is 40.6 Å². The summed E-state index contributed by atoms with van der Waals surface area (Å²) in [5.74, 6) is 1.11. The zero-order chi connectivity index (χ0) is 15.1. The highest BCUT2D eigenvalue weighted by Crippen LogP contribution is 2.16. The second-order valence-electron chi connectivity index (χ2n) is 4.99. The molecule has 0 heterocycles. The fourth-order valence-corrected chi connectivity index (χ4v) is 1.59. The topological polar surface area (TPSA) is 79.6 Å². The van der Waals surface area contributed by atoms with Gasteiger partial charge in [-0.3, -0.25) is 15.1 Å². The Balaban J connectivity index is 0.00000400. The predicted octanol–water partition coefficient (Wildman–Crippen LogP) is 2.92. The van der Waals surface area contributed by atoms with Crippen molar-refractivity contribution in [2.75, 3.05) is 7.05 Å². The number of halogens is 1. The number of nitro benzene ring substituents is 1. The van der Waals surface area contributed by atoms with Crippen molar-refractivity contribution in [2.24, 2.45) is 10.9 Å². The van der Waals surface area contributed by atoms with Crippen molar-refractivity contribution in [2.45, 2.75) is 33.4 Å². The van der Waals surface area contributed by atoms with E-state index in [1.54, 1.807) is 25.2 Å². The SMILES string of the molecule is CN=C(NCc1ccccc1[N+](=O)[O-])NC(C)C(C)C.I. The Hall–Kier alpha value is -1.38. The lowest BCUT2D eigenvalue weighted by molar-refractivity contribution is -0.385. The molecule has 21 heavy (non-hydrogen) atoms. The Morgan fingerprint density at radius 1 is 1.33 bits per heavy atom. The van der Waals surface area contributed by atoms with Crippen LogP contribution in [0.1, 0.15) is 26.3 Å². The molecule has 1 rings (SSSR count). The molecule has 0 fully saturated rings. The minimum Gasteiger partial charge on any atom is -0.354 e. The van der Waals surface area contributed by atoms with Gasteiger partial charge in [-0.15, -0.1) is 24.0 Å². The number of hydrogen-bond acceptors (Lipinski definition) is 3. The van der Waals surface area contributed by atoms with Gasteiger partial charge in [0.1, 0.15) is 0 Å². The number of benzene rings is 1. The number of hydrogen-bond donors (Lipinski definition) is 2. The molecular formula is C14H23IN4O2. The summed E-state index contributed by atoms with van der Waals surface area (Å²) in [6, 6.07) is 6.97. The predicted molar refractivity (Wildman–Crippen MR) is 96.1 cm³/mol. The summed E-state index contributed by atoms with van der Waals surface area (Å²) in [5, 5.41) is 17.3. The van der Waals surface area contributed by atoms with Crippen LogP contribution in [0.25, 0.3) is 0 Å². The number of aliphatic imine (C=N–C) groups is 1. The third kappa shape index (κ3) is 6.28. The number of para-hydroxylation sites is 1. The van der Waals surface area contributed by atoms with Gasteiger partial charge < -0.3 is 10.6 Å². The van der Waals surface area contributed by atoms with Crippen LogP contribution in [0.15, 0.2) is 29.3 Å². The summed E-state index contributed by atoms with van der Waals surface area (Å²) >= 11 is 0. The molecule has 0 radical (unpaired) electrons. The minimum atomic E-state index is -0.371. The fourth-order valence-electron chi connectivity index (χ4n) is 1.59. The largest absolute Gasteiger partial charge is 0.354 e. The van der Waals surface area contributed by atoms with Crippen LogP contribution in [0.5, 0.6) is 0 Å². The Morgan fingerprint density at radius 2 is 1.95 bits per heavy atom. The second kappa shape index (κ2) is 9.54. The number of nitrogens with one attached hydrogen (secondary N) is 2. The maximum absolute atomic E-state index is 10.9. The van der Waals surface area contributed by atoms with E-state index in [1.807, 2.05) is 0 Å². The normalized spacial score (nSPS) is 12.5. The van der Waals surface area contributed by atoms with Crippen LogP contribution in [0.4, 0.5) is 5.69 Å². The Bertz CT molecular complexity index is 492. The lowest BCUT2D eigenvalue weighted by Gasteiger charge is -2.20. The first-order valence-electron chi connectivity index (χ1n) is 6.65. The molecule has 0 aliphatic heterocycles. The molecule has 1 aromatic rings. The summed E-state index contributed by atoms with van der Waals surface area (Å²) < 4.78 is 0. The molecule has 7 heteroatoms. The van der Waals surface area contributed by atoms with E-state index in [4.69, 9.17) is 0 Å². The summed E-state index contributed by atoms with van der Waals surface area (Å²) in [6.45, 7) is 6.67. The maximum atomic E-state index is 10.9. The van der Waals surface area contributed by atoms with Crippen molar-refractivity contribution in [1.82, 2.24) is 10.6 Å². The molecular weight excluding hydrogens is 383 g/mol. The molecule has 0 bridgehead atoms. The van der Waals surface area contributed by atoms with Crippen molar-refractivity contribution < 1.29 is 4.92 Å². The molecule has 0 aromatic heterocycles. The van der Waals surface area contributed by atoms with Gasteiger partial charge in [0.15, 0.2) is 5.96 Å². The van der Waals surface area contributed by atoms with E-state index >= 15 is 0 Å². The van der Waals surface area contributed by atoms with Crippen LogP contribution in [0.3, 0.4) is 0 Å². The highest BCUT2D eigenvalue weighted by atomic mass is 127. The lowest BCUT2D eigenvalue weighted by Crippen LogP contribution is -2.43. The van der Waals surface area contributed by atoms with Crippen LogP contribution < -0.4 is 10.6 Å². The van der Waals surface area contributed by atoms with E-state index < -0.39 is 0 Å². The van der Waals surface area contributed by atoms with Gasteiger partial charge in [-0.05, 0) is 12.8 Å². The number of nitro groups is 1. The first kappa shape index (κ1) is 19.6. The average Bonchev–Trinajstić information content (AvgIpc) is 2.43. The van der Waals surface area contributed by atoms with Gasteiger partial charge >= 0.3 is 0 Å². The van der Waals surface area contributed by atoms with Crippen molar-refractivity contribution in [1.29, 1.82) is 0 Å². The zero-order valence-corrected chi connectivity index (χ0v) is 15.1. The monoisotopic (exact) mass is 406 g/mol. The standard InChI is InChI=1S/C14H22N4O2.HI/c1-10(2)11(3)17-14(15-4)16-9-12-7-5-6-8-13(12)18(19)20;/h5-8,10-11H,9H2,1-4H3,(H2,15,16,17);1H. The third-order valence-electron chi connectivity index (χ3n) is 3.22. The van der Waals surface area contributed by atoms with Gasteiger partial charge in [0.05, 0.1) is 4.92 Å². The first-order valence-corrected chi connectivity index (χ1v) is 6.65. The van der Waals surface area contributed by atoms with Gasteiger partial charge in [-0.1, -0.05) is 32.0 Å². The molecule has 1 atom stereocenters. The van der Waals surface area contributed by atoms with Crippen LogP contribution in [-0.4, -0.2) is 24.0 Å². The van der Waals surface area contributed by atoms with Gasteiger partial charge in [0.2, 0.25) is 0 Å². The van der Waals surface area contributed by atoms with Crippen LogP contribution in [-0.2, 0) is 6.54 Å². The van der Waals surface area contributed by atoms with Crippen molar-refractivity contribution in [3.63, 3.8) is 0 Å². The van der Waals surface area contributed by atoms with Gasteiger partial charge in [-0.2, -0.15) is 0 Å². The molecule has 0 spiro atoms. The highest BCUT2D eigenvalue weighted by Gasteiger charge is 2.13. The fraction of sp³-hybridized carbons (Fsp3) is 0.500. The average molecular weight is 406 g/mol. The van der Waals surface area contributed by atoms with E-state index in [0.29, 0.717) is 24.0 Å². The molecule has 1 unspecified atom stereocenters. The Kier molecular flexibility index (Phi) is 8.91. The third-order valence-corrected chi connectivity index (χ3v) is 3.22. The van der Waals surface area contributed by atoms with Crippen molar-refractivity contribution in [3.05, 3.63) is 39.9 Å². The van der Waals surface area contributed by atoms with E-state index in [2.05, 4.69) is 36.4 Å². The summed E-state index contributed by atoms with van der Waals surface area (Å²) in [7, 11) is 1.68. The summed E-state index contributed by atoms with van der Waals surface area (Å²) in [4.78, 5) is 14.7. The van der Waals surface area contributed by atoms with Crippen molar-refractivity contribution >= 4 is 35.6 Å². The highest BCUT2D eigenvalue weighted by molar-refractivity contribution is 14.0. The molecule has 0 aliphatic rings. The quantitative estimate of drug-likeness (QED) is 0.259. The number of guanidine groups is 1. The van der Waals surface area contributed by atoms with Gasteiger partial charge in [0.25, 0.3) is 5.69 Å². The lowest BCUT2D eigenvalue weighted by atomic mass is 10.1. The maximum Gasteiger partial charge on any atom is 0.274 e. The molecule has 6 nitrogen and oxygen atoms in total. The summed E-state index contributed by atoms with van der Waals surface area (Å²) in [5.41, 5.74) is 0.755. The van der Waals surface area contributed by atoms with Gasteiger partial charge in [0, 0.05) is 31.3 Å². The minimum absolute atomic E-state index is 0. The smallest absolute Gasteiger partial charge is 0.274 e. The van der Waals surface area contributed by atoms with Crippen molar-refractivity contribution in [3.8, 4) is 0 Å². The van der Waals surface area contributed by atoms with Crippen LogP contribution >= 0.6 is 24.0 Å². The van der Waals surface area contributed by atoms with E-state index in [0.717, 1.165) is 0 Å². The van der Waals surface area contributed by atoms with Gasteiger partial charge in [-0.25, -0.2) is 0 Å². The molecule has 1 aromatic carbocycles. The number of rotatable bonds is 5. The van der Waals surface area contributed by atoms with Crippen LogP contribution in [0, 0.1) is 16.0 Å². The molecule has 118 valence electrons. The first-order chi connectivity index (χ1) is 9.45. The molecule has 0 saturated heterocycles. The summed E-state index contributed by atoms with van der Waals surface area (Å²) in [6.07, 6.45) is 0. The second-order valence-corrected chi connectivity index (χ2v) is 4.99. The molecule has 0 amide bonds. The van der Waals surface area contributed by atoms with E-state index in [1.165, 1.54) is 6.07 Å². The van der Waals surface area contributed by atoms with Crippen LogP contribution in [0.2, 0.25) is 0 Å². The Morgan fingerprint density at radius 3 is 2.48 bits per heavy atom.